The molecule has 1 saturated heterocycles. The van der Waals surface area contributed by atoms with E-state index in [9.17, 15) is 4.79 Å². The quantitative estimate of drug-likeness (QED) is 0.514. The topological polar surface area (TPSA) is 110 Å². The molecule has 3 unspecified atom stereocenters. The third-order valence-corrected chi connectivity index (χ3v) is 5.87. The van der Waals surface area contributed by atoms with Gasteiger partial charge in [-0.2, -0.15) is 4.99 Å². The monoisotopic (exact) mass is 513 g/mol. The van der Waals surface area contributed by atoms with E-state index < -0.39 is 24.4 Å². The molecule has 2 aliphatic rings. The Balaban J connectivity index is 1.74. The number of methoxy groups -OCH3 is 2. The van der Waals surface area contributed by atoms with Crippen molar-refractivity contribution in [2.75, 3.05) is 27.9 Å². The van der Waals surface area contributed by atoms with Gasteiger partial charge in [-0.15, -0.1) is 5.06 Å². The number of hydrogen-bond donors (Lipinski definition) is 0. The van der Waals surface area contributed by atoms with Crippen molar-refractivity contribution in [2.45, 2.75) is 46.1 Å². The normalized spacial score (nSPS) is 23.4. The molecule has 0 N–H and O–H groups in total. The molecule has 11 heteroatoms. The molecule has 2 heterocycles. The van der Waals surface area contributed by atoms with Crippen molar-refractivity contribution >= 4 is 17.8 Å². The number of carbonyl (C=O) groups excluding carboxylic acids is 1. The lowest BCUT2D eigenvalue weighted by Gasteiger charge is -2.32. The van der Waals surface area contributed by atoms with Gasteiger partial charge >= 0.3 is 12.0 Å². The van der Waals surface area contributed by atoms with Crippen LogP contribution in [0.5, 0.6) is 11.5 Å². The number of para-hydroxylation sites is 1. The lowest BCUT2D eigenvalue weighted by Crippen LogP contribution is -2.49. The average Bonchev–Trinajstić information content (AvgIpc) is 3.28. The largest absolute Gasteiger partial charge is 0.465 e. The second-order valence-electron chi connectivity index (χ2n) is 8.64. The fourth-order valence-corrected chi connectivity index (χ4v) is 4.07. The summed E-state index contributed by atoms with van der Waals surface area (Å²) in [6, 6.07) is 10.7. The number of carbonyl (C=O) groups is 1. The number of nitrogens with zero attached hydrogens (tertiary/aromatic N) is 3. The SMILES string of the molecule is COC(=O)c1ccccc1OC1N=C(C2COC(C)(OC)O2)N=C(Oc2c(C)cc(C)cc2C)N1OC. The number of amidine groups is 2. The van der Waals surface area contributed by atoms with Crippen molar-refractivity contribution in [3.8, 4) is 11.5 Å². The Hall–Kier alpha value is -3.51. The summed E-state index contributed by atoms with van der Waals surface area (Å²) in [6.45, 7) is 7.70. The van der Waals surface area contributed by atoms with E-state index >= 15 is 0 Å². The van der Waals surface area contributed by atoms with Gasteiger partial charge in [-0.3, -0.25) is 4.84 Å². The maximum atomic E-state index is 12.3. The van der Waals surface area contributed by atoms with Gasteiger partial charge in [-0.1, -0.05) is 29.8 Å². The highest BCUT2D eigenvalue weighted by Crippen LogP contribution is 2.30. The van der Waals surface area contributed by atoms with E-state index in [2.05, 4.69) is 9.98 Å². The third-order valence-electron chi connectivity index (χ3n) is 5.87. The number of hydrogen-bond acceptors (Lipinski definition) is 11. The summed E-state index contributed by atoms with van der Waals surface area (Å²) in [5.74, 6) is -0.711. The molecule has 0 aliphatic carbocycles. The van der Waals surface area contributed by atoms with Gasteiger partial charge in [0.2, 0.25) is 0 Å². The fraction of sp³-hybridized carbons (Fsp3) is 0.423. The Morgan fingerprint density at radius 2 is 1.81 bits per heavy atom. The number of aliphatic imine (C=N–C) groups is 2. The zero-order chi connectivity index (χ0) is 26.7. The number of benzene rings is 2. The lowest BCUT2D eigenvalue weighted by atomic mass is 10.1. The first-order valence-corrected chi connectivity index (χ1v) is 11.6. The molecule has 11 nitrogen and oxygen atoms in total. The molecule has 0 spiro atoms. The Labute approximate surface area is 215 Å². The Kier molecular flexibility index (Phi) is 7.79. The first-order chi connectivity index (χ1) is 17.7. The zero-order valence-electron chi connectivity index (χ0n) is 21.9. The molecule has 3 atom stereocenters. The summed E-state index contributed by atoms with van der Waals surface area (Å²) in [7, 11) is 4.22. The summed E-state index contributed by atoms with van der Waals surface area (Å²) < 4.78 is 34.2. The van der Waals surface area contributed by atoms with Gasteiger partial charge < -0.3 is 28.4 Å². The van der Waals surface area contributed by atoms with Crippen LogP contribution < -0.4 is 9.47 Å². The van der Waals surface area contributed by atoms with Gasteiger partial charge in [0.25, 0.3) is 12.3 Å². The molecule has 0 radical (unpaired) electrons. The van der Waals surface area contributed by atoms with E-state index in [1.807, 2.05) is 32.9 Å². The van der Waals surface area contributed by atoms with E-state index in [1.165, 1.54) is 26.4 Å². The van der Waals surface area contributed by atoms with E-state index in [0.29, 0.717) is 5.75 Å². The van der Waals surface area contributed by atoms with Gasteiger partial charge in [-0.25, -0.2) is 9.79 Å². The minimum Gasteiger partial charge on any atom is -0.465 e. The maximum Gasteiger partial charge on any atom is 0.341 e. The van der Waals surface area contributed by atoms with Crippen molar-refractivity contribution in [3.05, 3.63) is 58.7 Å². The van der Waals surface area contributed by atoms with Crippen LogP contribution in [0.15, 0.2) is 46.4 Å². The van der Waals surface area contributed by atoms with Crippen LogP contribution in [0.2, 0.25) is 0 Å². The van der Waals surface area contributed by atoms with Crippen LogP contribution in [0.25, 0.3) is 0 Å². The minimum atomic E-state index is -1.25. The minimum absolute atomic E-state index is 0.0673. The smallest absolute Gasteiger partial charge is 0.341 e. The first-order valence-electron chi connectivity index (χ1n) is 11.6. The highest BCUT2D eigenvalue weighted by atomic mass is 16.9. The van der Waals surface area contributed by atoms with Crippen molar-refractivity contribution in [2.24, 2.45) is 9.98 Å². The van der Waals surface area contributed by atoms with Crippen molar-refractivity contribution in [3.63, 3.8) is 0 Å². The predicted molar refractivity (Wildman–Crippen MR) is 133 cm³/mol. The number of esters is 1. The molecule has 0 saturated carbocycles. The van der Waals surface area contributed by atoms with Crippen LogP contribution in [0.3, 0.4) is 0 Å². The van der Waals surface area contributed by atoms with Gasteiger partial charge in [0.15, 0.2) is 5.84 Å². The predicted octanol–water partition coefficient (Wildman–Crippen LogP) is 3.51. The summed E-state index contributed by atoms with van der Waals surface area (Å²) in [4.78, 5) is 27.1. The summed E-state index contributed by atoms with van der Waals surface area (Å²) in [6.07, 6.45) is -1.80. The molecular weight excluding hydrogens is 482 g/mol. The molecule has 37 heavy (non-hydrogen) atoms. The number of ether oxygens (including phenoxy) is 6. The van der Waals surface area contributed by atoms with Crippen LogP contribution in [0.1, 0.15) is 34.0 Å². The summed E-state index contributed by atoms with van der Waals surface area (Å²) in [5, 5.41) is 1.27. The van der Waals surface area contributed by atoms with Crippen molar-refractivity contribution in [1.29, 1.82) is 0 Å². The Bertz CT molecular complexity index is 1210. The molecule has 2 aromatic carbocycles. The van der Waals surface area contributed by atoms with Crippen LogP contribution in [-0.2, 0) is 23.8 Å². The molecule has 2 aromatic rings. The molecule has 198 valence electrons. The molecular formula is C26H31N3O8. The number of aryl methyl sites for hydroxylation is 3. The molecule has 4 rings (SSSR count). The first kappa shape index (κ1) is 26.6. The van der Waals surface area contributed by atoms with Crippen LogP contribution in [0.4, 0.5) is 0 Å². The van der Waals surface area contributed by atoms with Gasteiger partial charge in [0.05, 0.1) is 20.8 Å². The summed E-state index contributed by atoms with van der Waals surface area (Å²) in [5.41, 5.74) is 3.16. The van der Waals surface area contributed by atoms with E-state index in [0.717, 1.165) is 16.7 Å². The van der Waals surface area contributed by atoms with Gasteiger partial charge in [0, 0.05) is 14.0 Å². The standard InChI is InChI=1S/C26H31N3O8/c1-15-12-16(2)21(17(3)13-15)36-25-28-22(20-14-34-26(4,32-6)37-20)27-24(29(25)33-7)35-19-11-9-8-10-18(19)23(30)31-5/h8-13,20,24H,14H2,1-7H3. The highest BCUT2D eigenvalue weighted by Gasteiger charge is 2.43. The summed E-state index contributed by atoms with van der Waals surface area (Å²) >= 11 is 0. The Morgan fingerprint density at radius 1 is 1.11 bits per heavy atom. The lowest BCUT2D eigenvalue weighted by molar-refractivity contribution is -0.310. The zero-order valence-corrected chi connectivity index (χ0v) is 21.9. The second-order valence-corrected chi connectivity index (χ2v) is 8.64. The molecule has 2 aliphatic heterocycles. The molecule has 0 amide bonds. The van der Waals surface area contributed by atoms with Crippen LogP contribution in [-0.4, -0.2) is 69.3 Å². The highest BCUT2D eigenvalue weighted by molar-refractivity contribution is 5.99. The van der Waals surface area contributed by atoms with Crippen LogP contribution in [0, 0.1) is 20.8 Å². The van der Waals surface area contributed by atoms with Crippen LogP contribution >= 0.6 is 0 Å². The average molecular weight is 514 g/mol. The van der Waals surface area contributed by atoms with Gasteiger partial charge in [-0.05, 0) is 44.0 Å². The molecule has 0 aromatic heterocycles. The molecule has 0 bridgehead atoms. The second kappa shape index (κ2) is 10.9. The number of rotatable bonds is 7. The van der Waals surface area contributed by atoms with Crippen molar-refractivity contribution < 1.29 is 38.1 Å². The van der Waals surface area contributed by atoms with E-state index in [-0.39, 0.29) is 29.8 Å². The Morgan fingerprint density at radius 3 is 2.43 bits per heavy atom. The van der Waals surface area contributed by atoms with Gasteiger partial charge in [0.1, 0.15) is 23.2 Å². The van der Waals surface area contributed by atoms with Crippen molar-refractivity contribution in [1.82, 2.24) is 5.06 Å². The maximum absolute atomic E-state index is 12.3. The third kappa shape index (κ3) is 5.59. The fourth-order valence-electron chi connectivity index (χ4n) is 4.07. The molecule has 1 fully saturated rings. The van der Waals surface area contributed by atoms with E-state index in [4.69, 9.17) is 33.3 Å². The number of hydroxylamine groups is 2. The van der Waals surface area contributed by atoms with E-state index in [1.54, 1.807) is 31.2 Å².